The Bertz CT molecular complexity index is 1950. The van der Waals surface area contributed by atoms with Gasteiger partial charge in [0.2, 0.25) is 5.78 Å². The number of aromatic nitrogens is 1. The Morgan fingerprint density at radius 1 is 1.05 bits per heavy atom. The maximum absolute atomic E-state index is 16.3. The number of likely N-dealkylation sites (N-methyl/N-ethyl adjacent to an activating group) is 1. The molecule has 3 saturated heterocycles. The number of fused-ring (bicyclic) bond motifs is 2. The first-order valence-electron chi connectivity index (χ1n) is 20.2. The van der Waals surface area contributed by atoms with Crippen LogP contribution in [0.1, 0.15) is 66.9 Å². The van der Waals surface area contributed by atoms with Crippen molar-refractivity contribution in [3.8, 4) is 11.8 Å². The van der Waals surface area contributed by atoms with Crippen molar-refractivity contribution < 1.29 is 52.0 Å². The van der Waals surface area contributed by atoms with Gasteiger partial charge >= 0.3 is 18.0 Å². The molecule has 0 spiro atoms. The summed E-state index contributed by atoms with van der Waals surface area (Å²) in [5.74, 6) is -5.83. The van der Waals surface area contributed by atoms with Gasteiger partial charge in [0, 0.05) is 59.1 Å². The number of alkyl halides is 2. The highest BCUT2D eigenvalue weighted by molar-refractivity contribution is 6.06. The van der Waals surface area contributed by atoms with Crippen molar-refractivity contribution in [1.29, 1.82) is 0 Å². The lowest BCUT2D eigenvalue weighted by atomic mass is 9.73. The van der Waals surface area contributed by atoms with E-state index in [-0.39, 0.29) is 32.2 Å². The molecule has 1 aromatic carbocycles. The minimum absolute atomic E-state index is 0.0104. The highest BCUT2D eigenvalue weighted by Gasteiger charge is 2.62. The van der Waals surface area contributed by atoms with Crippen molar-refractivity contribution in [2.75, 3.05) is 33.8 Å². The van der Waals surface area contributed by atoms with E-state index in [9.17, 15) is 19.5 Å². The third-order valence-corrected chi connectivity index (χ3v) is 12.5. The number of esters is 1. The van der Waals surface area contributed by atoms with Gasteiger partial charge in [-0.25, -0.2) is 9.59 Å². The fourth-order valence-electron chi connectivity index (χ4n) is 9.51. The smallest absolute Gasteiger partial charge is 0.410 e. The number of amides is 1. The topological polar surface area (TPSA) is 149 Å². The first-order valence-corrected chi connectivity index (χ1v) is 20.2. The minimum atomic E-state index is -4.62. The van der Waals surface area contributed by atoms with E-state index in [1.54, 1.807) is 41.1 Å². The van der Waals surface area contributed by atoms with Gasteiger partial charge in [0.15, 0.2) is 11.9 Å². The van der Waals surface area contributed by atoms with E-state index < -0.39 is 95.8 Å². The second kappa shape index (κ2) is 17.3. The maximum atomic E-state index is 16.3. The number of ketones is 1. The number of nitrogens with zero attached hydrogens (tertiary/aromatic N) is 4. The number of aliphatic hydroxyl groups excluding tert-OH is 1. The number of aliphatic hydroxyl groups is 1. The van der Waals surface area contributed by atoms with Crippen LogP contribution < -0.4 is 0 Å². The summed E-state index contributed by atoms with van der Waals surface area (Å²) in [6.07, 6.45) is -5.03. The van der Waals surface area contributed by atoms with Gasteiger partial charge in [-0.15, -0.1) is 0 Å². The number of hydrogen-bond acceptors (Lipinski definition) is 12. The second-order valence-electron chi connectivity index (χ2n) is 16.6. The molecular weight excluding hydrogens is 754 g/mol. The van der Waals surface area contributed by atoms with Crippen LogP contribution in [0.5, 0.6) is 0 Å². The van der Waals surface area contributed by atoms with Crippen LogP contribution >= 0.6 is 0 Å². The molecule has 0 aliphatic carbocycles. The molecule has 4 aliphatic rings. The van der Waals surface area contributed by atoms with Crippen LogP contribution in [0.2, 0.25) is 0 Å². The van der Waals surface area contributed by atoms with Gasteiger partial charge in [-0.3, -0.25) is 19.7 Å². The Balaban J connectivity index is 1.44. The lowest BCUT2D eigenvalue weighted by Gasteiger charge is -2.45. The fraction of sp³-hybridized carbons (Fsp3) is 0.651. The predicted octanol–water partition coefficient (Wildman–Crippen LogP) is 4.90. The van der Waals surface area contributed by atoms with Crippen LogP contribution in [0, 0.1) is 35.5 Å². The van der Waals surface area contributed by atoms with Gasteiger partial charge in [0.05, 0.1) is 36.4 Å². The molecule has 1 N–H and O–H groups in total. The Morgan fingerprint density at radius 2 is 1.78 bits per heavy atom. The maximum Gasteiger partial charge on any atom is 0.410 e. The van der Waals surface area contributed by atoms with Gasteiger partial charge in [-0.05, 0) is 52.9 Å². The number of aliphatic imine (C=N–C) groups is 1. The number of cyclic esters (lactones) is 1. The first kappa shape index (κ1) is 43.5. The number of carbonyl (C=O) groups excluding carboxylic acids is 3. The number of carbonyl (C=O) groups is 3. The second-order valence-corrected chi connectivity index (χ2v) is 16.6. The molecular formula is C43H56F2N4O9. The third-order valence-electron chi connectivity index (χ3n) is 12.5. The van der Waals surface area contributed by atoms with E-state index in [2.05, 4.69) is 16.8 Å². The average molecular weight is 811 g/mol. The number of rotatable bonds is 6. The van der Waals surface area contributed by atoms with E-state index in [4.69, 9.17) is 28.7 Å². The van der Waals surface area contributed by atoms with Crippen LogP contribution in [0.4, 0.5) is 13.6 Å². The fourth-order valence-corrected chi connectivity index (χ4v) is 9.51. The average Bonchev–Trinajstić information content (AvgIpc) is 3.31. The zero-order chi connectivity index (χ0) is 42.3. The number of pyridine rings is 1. The first-order chi connectivity index (χ1) is 27.4. The van der Waals surface area contributed by atoms with E-state index in [0.717, 1.165) is 10.9 Å². The Labute approximate surface area is 338 Å². The van der Waals surface area contributed by atoms with Crippen LogP contribution in [-0.2, 0) is 33.3 Å². The molecule has 1 unspecified atom stereocenters. The van der Waals surface area contributed by atoms with Gasteiger partial charge in [-0.1, -0.05) is 64.7 Å². The van der Waals surface area contributed by atoms with Crippen LogP contribution in [0.3, 0.4) is 0 Å². The third kappa shape index (κ3) is 8.23. The Morgan fingerprint density at radius 3 is 2.48 bits per heavy atom. The normalized spacial score (nSPS) is 36.9. The summed E-state index contributed by atoms with van der Waals surface area (Å²) in [6, 6.07) is 8.40. The molecule has 3 fully saturated rings. The van der Waals surface area contributed by atoms with Crippen molar-refractivity contribution in [2.45, 2.75) is 122 Å². The predicted molar refractivity (Wildman–Crippen MR) is 210 cm³/mol. The molecule has 1 aromatic heterocycles. The molecule has 13 atom stereocenters. The molecule has 4 aliphatic heterocycles. The molecule has 316 valence electrons. The molecule has 5 heterocycles. The van der Waals surface area contributed by atoms with Gasteiger partial charge < -0.3 is 33.7 Å². The molecule has 0 radical (unpaired) electrons. The van der Waals surface area contributed by atoms with Crippen molar-refractivity contribution in [3.05, 3.63) is 42.1 Å². The van der Waals surface area contributed by atoms with Gasteiger partial charge in [-0.2, -0.15) is 8.78 Å². The molecule has 1 amide bonds. The number of ether oxygens (including phenoxy) is 5. The number of halogens is 2. The van der Waals surface area contributed by atoms with Crippen molar-refractivity contribution >= 4 is 34.5 Å². The molecule has 2 aromatic rings. The van der Waals surface area contributed by atoms with E-state index in [1.165, 1.54) is 11.8 Å². The Hall–Kier alpha value is -4.07. The van der Waals surface area contributed by atoms with Gasteiger partial charge in [0.25, 0.3) is 0 Å². The zero-order valence-corrected chi connectivity index (χ0v) is 34.7. The standard InChI is InChI=1S/C43H56F2N4O9/c1-10-32-42(7)37-25(4)33(46-17-18-49(37)41(53)58-42)24(3)35(54-19-13-14-28-21-29-15-11-12-16-30(29)47-22-28)26(5)36(27(6)38(51)43(44,45)40(52)56-32)57-39-34(50)31(48(8)9)20-23(2)55-39/h11-12,15-16,21-27,31-32,34-37,39,50H,10,17-20H2,1-9H3/t23-,24+,25-,26-,27-,31+,32+,34-,35+,36+,37?,39+,42-/m1/s1. The van der Waals surface area contributed by atoms with Crippen LogP contribution in [-0.4, -0.2) is 138 Å². The Kier molecular flexibility index (Phi) is 12.9. The summed E-state index contributed by atoms with van der Waals surface area (Å²) in [6.45, 7) is 12.1. The highest BCUT2D eigenvalue weighted by Crippen LogP contribution is 2.44. The monoisotopic (exact) mass is 810 g/mol. The summed E-state index contributed by atoms with van der Waals surface area (Å²) in [5.41, 5.74) is 0.583. The van der Waals surface area contributed by atoms with Crippen molar-refractivity contribution in [2.24, 2.45) is 28.7 Å². The number of para-hydroxylation sites is 1. The van der Waals surface area contributed by atoms with Crippen LogP contribution in [0.25, 0.3) is 10.9 Å². The molecule has 13 nitrogen and oxygen atoms in total. The van der Waals surface area contributed by atoms with E-state index in [0.29, 0.717) is 17.7 Å². The van der Waals surface area contributed by atoms with Crippen LogP contribution in [0.15, 0.2) is 41.5 Å². The number of Topliss-reactive ketones (excluding diaryl/α,β-unsaturated/α-hetero) is 1. The lowest BCUT2D eigenvalue weighted by molar-refractivity contribution is -0.282. The SMILES string of the molecule is CC[C@@H]1OC(=O)C(F)(F)C(=O)[C@H](C)[C@@H](O[C@@H]2O[C@H](C)C[C@H](N(C)C)[C@H]2O)[C@H](C)[C@@H](OCC#Cc2cnc3ccccc3c2)[C@@H](C)C2=NCCN3C(=O)O[C@@]1(C)C3[C@@H]2C. The minimum Gasteiger partial charge on any atom is -0.453 e. The van der Waals surface area contributed by atoms with E-state index >= 15 is 8.78 Å². The molecule has 0 saturated carbocycles. The highest BCUT2D eigenvalue weighted by atomic mass is 19.3. The number of benzene rings is 1. The molecule has 2 bridgehead atoms. The summed E-state index contributed by atoms with van der Waals surface area (Å²) < 4.78 is 63.2. The molecule has 58 heavy (non-hydrogen) atoms. The van der Waals surface area contributed by atoms with Crippen molar-refractivity contribution in [3.63, 3.8) is 0 Å². The van der Waals surface area contributed by atoms with Crippen molar-refractivity contribution in [1.82, 2.24) is 14.8 Å². The summed E-state index contributed by atoms with van der Waals surface area (Å²) in [7, 11) is 3.61. The molecule has 15 heteroatoms. The molecule has 6 rings (SSSR count). The largest absolute Gasteiger partial charge is 0.453 e. The lowest BCUT2D eigenvalue weighted by Crippen LogP contribution is -2.60. The van der Waals surface area contributed by atoms with Gasteiger partial charge in [0.1, 0.15) is 18.8 Å². The summed E-state index contributed by atoms with van der Waals surface area (Å²) in [4.78, 5) is 53.8. The quantitative estimate of drug-likeness (QED) is 0.241. The number of hydrogen-bond donors (Lipinski definition) is 1. The summed E-state index contributed by atoms with van der Waals surface area (Å²) >= 11 is 0. The zero-order valence-electron chi connectivity index (χ0n) is 34.7. The summed E-state index contributed by atoms with van der Waals surface area (Å²) in [5, 5.41) is 12.4. The van der Waals surface area contributed by atoms with E-state index in [1.807, 2.05) is 56.0 Å².